The fraction of sp³-hybridized carbons (Fsp3) is 0.731. The summed E-state index contributed by atoms with van der Waals surface area (Å²) in [4.78, 5) is 23.8. The molecule has 0 fully saturated rings. The smallest absolute Gasteiger partial charge is 0.306 e. The Morgan fingerprint density at radius 3 is 2.14 bits per heavy atom. The van der Waals surface area contributed by atoms with Crippen molar-refractivity contribution in [2.24, 2.45) is 0 Å². The second-order valence-electron chi connectivity index (χ2n) is 9.57. The van der Waals surface area contributed by atoms with Crippen molar-refractivity contribution in [3.63, 3.8) is 0 Å². The first-order valence-electron chi connectivity index (χ1n) is 12.8. The zero-order valence-electron chi connectivity index (χ0n) is 22.2. The number of esters is 1. The van der Waals surface area contributed by atoms with Gasteiger partial charge in [0.1, 0.15) is 19.3 Å². The first kappa shape index (κ1) is 33.7. The maximum absolute atomic E-state index is 12.0. The van der Waals surface area contributed by atoms with Crippen molar-refractivity contribution in [3.05, 3.63) is 36.5 Å². The third-order valence-electron chi connectivity index (χ3n) is 5.01. The molecule has 0 spiro atoms. The van der Waals surface area contributed by atoms with Crippen LogP contribution in [0.3, 0.4) is 0 Å². The minimum absolute atomic E-state index is 0.0159. The Morgan fingerprint density at radius 1 is 0.943 bits per heavy atom. The molecule has 0 radical (unpaired) electrons. The highest BCUT2D eigenvalue weighted by atomic mass is 31.2. The molecule has 0 aromatic carbocycles. The van der Waals surface area contributed by atoms with Crippen LogP contribution in [-0.4, -0.2) is 69.2 Å². The summed E-state index contributed by atoms with van der Waals surface area (Å²) in [6.45, 7) is 1.67. The van der Waals surface area contributed by atoms with Crippen LogP contribution in [0, 0.1) is 0 Å². The van der Waals surface area contributed by atoms with Gasteiger partial charge in [0.2, 0.25) is 0 Å². The van der Waals surface area contributed by atoms with Crippen LogP contribution < -0.4 is 4.89 Å². The van der Waals surface area contributed by atoms with Gasteiger partial charge in [-0.3, -0.25) is 9.36 Å². The zero-order chi connectivity index (χ0) is 26.4. The summed E-state index contributed by atoms with van der Waals surface area (Å²) in [7, 11) is 1.21. The van der Waals surface area contributed by atoms with Gasteiger partial charge in [-0.05, 0) is 25.7 Å². The molecule has 0 saturated carbocycles. The first-order chi connectivity index (χ1) is 16.6. The highest BCUT2D eigenvalue weighted by Gasteiger charge is 2.19. The van der Waals surface area contributed by atoms with Crippen molar-refractivity contribution in [1.29, 1.82) is 0 Å². The van der Waals surface area contributed by atoms with Crippen molar-refractivity contribution in [1.82, 2.24) is 0 Å². The maximum atomic E-state index is 12.0. The van der Waals surface area contributed by atoms with Gasteiger partial charge >= 0.3 is 5.97 Å². The SMILES string of the molecule is CCCC/C=C/C=C/C=C\CCCCCCCC(=O)OC(CO)COP(=O)([O-])OCC[N+](C)(C)C. The van der Waals surface area contributed by atoms with E-state index in [0.717, 1.165) is 38.5 Å². The van der Waals surface area contributed by atoms with Gasteiger partial charge in [0, 0.05) is 6.42 Å². The van der Waals surface area contributed by atoms with E-state index in [2.05, 4.69) is 37.3 Å². The maximum Gasteiger partial charge on any atom is 0.306 e. The number of rotatable bonds is 22. The predicted molar refractivity (Wildman–Crippen MR) is 139 cm³/mol. The largest absolute Gasteiger partial charge is 0.756 e. The third kappa shape index (κ3) is 24.2. The van der Waals surface area contributed by atoms with Crippen LogP contribution in [0.15, 0.2) is 36.5 Å². The normalized spacial score (nSPS) is 15.3. The van der Waals surface area contributed by atoms with E-state index in [-0.39, 0.29) is 13.0 Å². The van der Waals surface area contributed by atoms with Gasteiger partial charge in [0.05, 0.1) is 34.4 Å². The molecule has 2 unspecified atom stereocenters. The molecule has 0 aliphatic carbocycles. The first-order valence-corrected chi connectivity index (χ1v) is 14.2. The second-order valence-corrected chi connectivity index (χ2v) is 11.0. The lowest BCUT2D eigenvalue weighted by atomic mass is 10.1. The number of aliphatic hydroxyl groups excluding tert-OH is 1. The number of carbonyl (C=O) groups is 1. The second kappa shape index (κ2) is 20.9. The molecule has 0 aromatic heterocycles. The summed E-state index contributed by atoms with van der Waals surface area (Å²) in [6, 6.07) is 0. The molecule has 0 bridgehead atoms. The van der Waals surface area contributed by atoms with E-state index in [4.69, 9.17) is 13.8 Å². The van der Waals surface area contributed by atoms with Gasteiger partial charge in [-0.2, -0.15) is 0 Å². The van der Waals surface area contributed by atoms with E-state index in [9.17, 15) is 19.4 Å². The van der Waals surface area contributed by atoms with Crippen molar-refractivity contribution in [3.8, 4) is 0 Å². The van der Waals surface area contributed by atoms with Crippen LogP contribution in [0.2, 0.25) is 0 Å². The monoisotopic (exact) mass is 517 g/mol. The van der Waals surface area contributed by atoms with Crippen LogP contribution in [0.25, 0.3) is 0 Å². The Bertz CT molecular complexity index is 671. The van der Waals surface area contributed by atoms with Crippen LogP contribution in [-0.2, 0) is 23.1 Å². The van der Waals surface area contributed by atoms with Crippen molar-refractivity contribution in [2.45, 2.75) is 77.2 Å². The van der Waals surface area contributed by atoms with Crippen LogP contribution >= 0.6 is 7.82 Å². The van der Waals surface area contributed by atoms with Crippen molar-refractivity contribution in [2.75, 3.05) is 47.5 Å². The van der Waals surface area contributed by atoms with Crippen LogP contribution in [0.4, 0.5) is 0 Å². The highest BCUT2D eigenvalue weighted by molar-refractivity contribution is 7.45. The Hall–Kier alpha value is -1.28. The summed E-state index contributed by atoms with van der Waals surface area (Å²) >= 11 is 0. The molecule has 9 heteroatoms. The number of quaternary nitrogens is 1. The Labute approximate surface area is 212 Å². The number of phosphoric ester groups is 1. The Kier molecular flexibility index (Phi) is 20.1. The van der Waals surface area contributed by atoms with Gasteiger partial charge in [-0.1, -0.05) is 75.5 Å². The molecular formula is C26H48NO7P. The molecule has 1 N–H and O–H groups in total. The van der Waals surface area contributed by atoms with E-state index >= 15 is 0 Å². The molecule has 8 nitrogen and oxygen atoms in total. The fourth-order valence-electron chi connectivity index (χ4n) is 2.87. The fourth-order valence-corrected chi connectivity index (χ4v) is 3.60. The predicted octanol–water partition coefficient (Wildman–Crippen LogP) is 4.69. The lowest BCUT2D eigenvalue weighted by Gasteiger charge is -2.28. The molecule has 2 atom stereocenters. The highest BCUT2D eigenvalue weighted by Crippen LogP contribution is 2.38. The summed E-state index contributed by atoms with van der Waals surface area (Å²) in [5.41, 5.74) is 0. The minimum Gasteiger partial charge on any atom is -0.756 e. The lowest BCUT2D eigenvalue weighted by Crippen LogP contribution is -2.37. The minimum atomic E-state index is -4.52. The lowest BCUT2D eigenvalue weighted by molar-refractivity contribution is -0.870. The van der Waals surface area contributed by atoms with Crippen LogP contribution in [0.1, 0.15) is 71.1 Å². The summed E-state index contributed by atoms with van der Waals surface area (Å²) in [6.07, 6.45) is 21.3. The quantitative estimate of drug-likeness (QED) is 0.0730. The number of aliphatic hydroxyl groups is 1. The summed E-state index contributed by atoms with van der Waals surface area (Å²) < 4.78 is 27.0. The molecule has 204 valence electrons. The summed E-state index contributed by atoms with van der Waals surface area (Å²) in [5, 5.41) is 9.35. The molecular weight excluding hydrogens is 469 g/mol. The zero-order valence-corrected chi connectivity index (χ0v) is 23.1. The topological polar surface area (TPSA) is 105 Å². The van der Waals surface area contributed by atoms with E-state index in [1.165, 1.54) is 12.8 Å². The number of likely N-dealkylation sites (N-methyl/N-ethyl adjacent to an activating group) is 1. The van der Waals surface area contributed by atoms with E-state index in [1.807, 2.05) is 27.2 Å². The molecule has 0 amide bonds. The molecule has 0 aromatic rings. The van der Waals surface area contributed by atoms with Crippen LogP contribution in [0.5, 0.6) is 0 Å². The number of allylic oxidation sites excluding steroid dienone is 6. The van der Waals surface area contributed by atoms with Gasteiger partial charge in [0.25, 0.3) is 7.82 Å². The van der Waals surface area contributed by atoms with E-state index in [1.54, 1.807) is 0 Å². The van der Waals surface area contributed by atoms with E-state index < -0.39 is 33.1 Å². The molecule has 35 heavy (non-hydrogen) atoms. The number of nitrogens with zero attached hydrogens (tertiary/aromatic N) is 1. The van der Waals surface area contributed by atoms with Crippen molar-refractivity contribution >= 4 is 13.8 Å². The van der Waals surface area contributed by atoms with Crippen molar-refractivity contribution < 1.29 is 37.6 Å². The number of hydrogen-bond donors (Lipinski definition) is 1. The number of ether oxygens (including phenoxy) is 1. The number of phosphoric acid groups is 1. The number of hydrogen-bond acceptors (Lipinski definition) is 7. The molecule has 0 rings (SSSR count). The van der Waals surface area contributed by atoms with Gasteiger partial charge in [-0.15, -0.1) is 0 Å². The Morgan fingerprint density at radius 2 is 1.54 bits per heavy atom. The number of unbranched alkanes of at least 4 members (excludes halogenated alkanes) is 7. The Balaban J connectivity index is 3.85. The molecule has 0 aliphatic heterocycles. The van der Waals surface area contributed by atoms with Gasteiger partial charge < -0.3 is 28.3 Å². The molecule has 0 saturated heterocycles. The standard InChI is InChI=1S/C26H48NO7P/c1-5-6-7-8-9-10-11-12-13-14-15-16-17-18-19-20-26(29)34-25(23-28)24-33-35(30,31)32-22-21-27(2,3)4/h8-13,25,28H,5-7,14-24H2,1-4H3/b9-8+,11-10+,13-12-. The van der Waals surface area contributed by atoms with Gasteiger partial charge in [-0.25, -0.2) is 0 Å². The third-order valence-corrected chi connectivity index (χ3v) is 5.98. The summed E-state index contributed by atoms with van der Waals surface area (Å²) in [5.74, 6) is -0.474. The van der Waals surface area contributed by atoms with E-state index in [0.29, 0.717) is 17.4 Å². The number of carbonyl (C=O) groups excluding carboxylic acids is 1. The molecule has 0 heterocycles. The average molecular weight is 518 g/mol. The average Bonchev–Trinajstić information content (AvgIpc) is 2.78. The molecule has 0 aliphatic rings. The van der Waals surface area contributed by atoms with Gasteiger partial charge in [0.15, 0.2) is 0 Å².